The van der Waals surface area contributed by atoms with Crippen LogP contribution in [0.3, 0.4) is 0 Å². The molecule has 1 rings (SSSR count). The molecule has 7 nitrogen and oxygen atoms in total. The van der Waals surface area contributed by atoms with Crippen molar-refractivity contribution in [2.75, 3.05) is 6.54 Å². The van der Waals surface area contributed by atoms with Crippen LogP contribution >= 0.6 is 0 Å². The predicted molar refractivity (Wildman–Crippen MR) is 41.3 cm³/mol. The van der Waals surface area contributed by atoms with E-state index >= 15 is 0 Å². The molecule has 0 saturated carbocycles. The van der Waals surface area contributed by atoms with Crippen molar-refractivity contribution in [3.63, 3.8) is 0 Å². The van der Waals surface area contributed by atoms with Gasteiger partial charge in [-0.2, -0.15) is 0 Å². The average Bonchev–Trinajstić information content (AvgIpc) is 2.09. The van der Waals surface area contributed by atoms with Gasteiger partial charge in [0.15, 0.2) is 12.4 Å². The Morgan fingerprint density at radius 1 is 1.62 bits per heavy atom. The molecule has 13 heavy (non-hydrogen) atoms. The van der Waals surface area contributed by atoms with E-state index in [0.717, 1.165) is 0 Å². The molecular formula is C6H12N2O5. The lowest BCUT2D eigenvalue weighted by Crippen LogP contribution is -2.53. The molecule has 1 saturated heterocycles. The van der Waals surface area contributed by atoms with Crippen molar-refractivity contribution in [2.24, 2.45) is 5.73 Å². The van der Waals surface area contributed by atoms with E-state index in [4.69, 9.17) is 20.7 Å². The van der Waals surface area contributed by atoms with Gasteiger partial charge in [-0.3, -0.25) is 10.1 Å². The van der Waals surface area contributed by atoms with Crippen LogP contribution in [0.1, 0.15) is 6.42 Å². The predicted octanol–water partition coefficient (Wildman–Crippen LogP) is -1.94. The summed E-state index contributed by atoms with van der Waals surface area (Å²) < 4.78 is 4.80. The van der Waals surface area contributed by atoms with Crippen molar-refractivity contribution >= 4 is 0 Å². The molecule has 4 atom stereocenters. The number of hydrogen-bond donors (Lipinski definition) is 3. The highest BCUT2D eigenvalue weighted by molar-refractivity contribution is 4.81. The summed E-state index contributed by atoms with van der Waals surface area (Å²) >= 11 is 0. The fourth-order valence-electron chi connectivity index (χ4n) is 1.29. The minimum absolute atomic E-state index is 0.0295. The Morgan fingerprint density at radius 2 is 2.23 bits per heavy atom. The first-order valence-electron chi connectivity index (χ1n) is 3.91. The Morgan fingerprint density at radius 3 is 2.69 bits per heavy atom. The maximum absolute atomic E-state index is 10.4. The first-order valence-corrected chi connectivity index (χ1v) is 3.91. The fourth-order valence-corrected chi connectivity index (χ4v) is 1.29. The monoisotopic (exact) mass is 192 g/mol. The zero-order valence-electron chi connectivity index (χ0n) is 6.87. The van der Waals surface area contributed by atoms with Crippen molar-refractivity contribution in [3.05, 3.63) is 10.1 Å². The summed E-state index contributed by atoms with van der Waals surface area (Å²) in [7, 11) is 0. The second-order valence-corrected chi connectivity index (χ2v) is 2.96. The van der Waals surface area contributed by atoms with Crippen LogP contribution in [-0.4, -0.2) is 46.2 Å². The lowest BCUT2D eigenvalue weighted by Gasteiger charge is -2.31. The Labute approximate surface area is 74.3 Å². The zero-order chi connectivity index (χ0) is 10.0. The molecule has 0 aromatic carbocycles. The zero-order valence-corrected chi connectivity index (χ0v) is 6.87. The Kier molecular flexibility index (Phi) is 3.15. The SMILES string of the molecule is NC[C@@H]1CC([N+](=O)[O-])C(O)[C@H](O)O1. The number of hydrogen-bond acceptors (Lipinski definition) is 6. The summed E-state index contributed by atoms with van der Waals surface area (Å²) in [4.78, 5) is 9.78. The van der Waals surface area contributed by atoms with Crippen LogP contribution in [0.15, 0.2) is 0 Å². The minimum Gasteiger partial charge on any atom is -0.381 e. The highest BCUT2D eigenvalue weighted by Gasteiger charge is 2.43. The first kappa shape index (κ1) is 10.3. The quantitative estimate of drug-likeness (QED) is 0.346. The molecule has 0 aromatic rings. The van der Waals surface area contributed by atoms with Crippen molar-refractivity contribution in [2.45, 2.75) is 31.0 Å². The van der Waals surface area contributed by atoms with Gasteiger partial charge in [-0.05, 0) is 0 Å². The summed E-state index contributed by atoms with van der Waals surface area (Å²) in [6.07, 6.45) is -3.52. The van der Waals surface area contributed by atoms with Gasteiger partial charge in [0, 0.05) is 17.9 Å². The molecule has 1 aliphatic rings. The standard InChI is InChI=1S/C6H12N2O5/c7-2-3-1-4(8(11)12)5(9)6(10)13-3/h3-6,9-10H,1-2,7H2/t3-,4?,5?,6+/m0/s1. The molecule has 0 bridgehead atoms. The first-order chi connectivity index (χ1) is 6.06. The van der Waals surface area contributed by atoms with E-state index in [9.17, 15) is 10.1 Å². The van der Waals surface area contributed by atoms with Gasteiger partial charge in [0.1, 0.15) is 0 Å². The number of aliphatic hydroxyl groups is 2. The van der Waals surface area contributed by atoms with Crippen molar-refractivity contribution in [3.8, 4) is 0 Å². The van der Waals surface area contributed by atoms with Gasteiger partial charge >= 0.3 is 0 Å². The van der Waals surface area contributed by atoms with E-state index in [1.165, 1.54) is 0 Å². The van der Waals surface area contributed by atoms with Gasteiger partial charge in [0.25, 0.3) is 0 Å². The van der Waals surface area contributed by atoms with E-state index in [1.54, 1.807) is 0 Å². The summed E-state index contributed by atoms with van der Waals surface area (Å²) in [6.45, 7) is 0.0914. The molecule has 1 heterocycles. The summed E-state index contributed by atoms with van der Waals surface area (Å²) in [5.74, 6) is 0. The molecule has 2 unspecified atom stereocenters. The van der Waals surface area contributed by atoms with Gasteiger partial charge in [-0.25, -0.2) is 0 Å². The average molecular weight is 192 g/mol. The Balaban J connectivity index is 2.66. The molecule has 4 N–H and O–H groups in total. The van der Waals surface area contributed by atoms with Gasteiger partial charge in [-0.1, -0.05) is 0 Å². The highest BCUT2D eigenvalue weighted by atomic mass is 16.6. The maximum Gasteiger partial charge on any atom is 0.246 e. The van der Waals surface area contributed by atoms with Gasteiger partial charge in [-0.15, -0.1) is 0 Å². The molecule has 0 aliphatic carbocycles. The maximum atomic E-state index is 10.4. The van der Waals surface area contributed by atoms with Crippen molar-refractivity contribution in [1.29, 1.82) is 0 Å². The number of nitro groups is 1. The van der Waals surface area contributed by atoms with Crippen molar-refractivity contribution in [1.82, 2.24) is 0 Å². The largest absolute Gasteiger partial charge is 0.381 e. The van der Waals surface area contributed by atoms with Crippen molar-refractivity contribution < 1.29 is 19.9 Å². The molecule has 1 aliphatic heterocycles. The van der Waals surface area contributed by atoms with Crippen LogP contribution in [0.5, 0.6) is 0 Å². The van der Waals surface area contributed by atoms with Crippen LogP contribution in [0.2, 0.25) is 0 Å². The summed E-state index contributed by atoms with van der Waals surface area (Å²) in [5.41, 5.74) is 5.23. The number of nitrogens with zero attached hydrogens (tertiary/aromatic N) is 1. The summed E-state index contributed by atoms with van der Waals surface area (Å²) in [6, 6.07) is -1.20. The second-order valence-electron chi connectivity index (χ2n) is 2.96. The van der Waals surface area contributed by atoms with Crippen LogP contribution in [-0.2, 0) is 4.74 Å². The third-order valence-corrected chi connectivity index (χ3v) is 2.06. The lowest BCUT2D eigenvalue weighted by molar-refractivity contribution is -0.550. The normalized spacial score (nSPS) is 40.2. The molecule has 0 amide bonds. The third-order valence-electron chi connectivity index (χ3n) is 2.06. The van der Waals surface area contributed by atoms with Gasteiger partial charge < -0.3 is 20.7 Å². The second kappa shape index (κ2) is 3.97. The highest BCUT2D eigenvalue weighted by Crippen LogP contribution is 2.20. The summed E-state index contributed by atoms with van der Waals surface area (Å²) in [5, 5.41) is 28.6. The van der Waals surface area contributed by atoms with E-state index < -0.39 is 29.5 Å². The van der Waals surface area contributed by atoms with Crippen LogP contribution in [0.25, 0.3) is 0 Å². The molecule has 0 radical (unpaired) electrons. The van der Waals surface area contributed by atoms with Gasteiger partial charge in [0.2, 0.25) is 6.04 Å². The number of nitrogens with two attached hydrogens (primary N) is 1. The van der Waals surface area contributed by atoms with Crippen LogP contribution in [0.4, 0.5) is 0 Å². The number of aliphatic hydroxyl groups excluding tert-OH is 2. The molecule has 7 heteroatoms. The van der Waals surface area contributed by atoms with E-state index in [0.29, 0.717) is 0 Å². The number of rotatable bonds is 2. The molecular weight excluding hydrogens is 180 g/mol. The molecule has 0 aromatic heterocycles. The van der Waals surface area contributed by atoms with E-state index in [-0.39, 0.29) is 13.0 Å². The minimum atomic E-state index is -1.52. The topological polar surface area (TPSA) is 119 Å². The lowest BCUT2D eigenvalue weighted by atomic mass is 10.0. The number of ether oxygens (including phenoxy) is 1. The van der Waals surface area contributed by atoms with Gasteiger partial charge in [0.05, 0.1) is 6.10 Å². The van der Waals surface area contributed by atoms with Crippen LogP contribution in [0, 0.1) is 10.1 Å². The molecule has 76 valence electrons. The molecule has 1 fully saturated rings. The van der Waals surface area contributed by atoms with E-state index in [1.807, 2.05) is 0 Å². The fraction of sp³-hybridized carbons (Fsp3) is 1.00. The van der Waals surface area contributed by atoms with E-state index in [2.05, 4.69) is 0 Å². The third kappa shape index (κ3) is 2.13. The molecule has 0 spiro atoms. The Bertz CT molecular complexity index is 199. The Hall–Kier alpha value is -0.760. The smallest absolute Gasteiger partial charge is 0.246 e. The van der Waals surface area contributed by atoms with Crippen LogP contribution < -0.4 is 5.73 Å².